The maximum Gasteiger partial charge on any atom is 0.405 e. The largest absolute Gasteiger partial charge is 0.481 e. The Morgan fingerprint density at radius 3 is 2.39 bits per heavy atom. The number of primary amides is 1. The zero-order valence-electron chi connectivity index (χ0n) is 31.6. The van der Waals surface area contributed by atoms with E-state index in [1.807, 2.05) is 86.5 Å². The fraction of sp³-hybridized carbons (Fsp3) is 0.262. The summed E-state index contributed by atoms with van der Waals surface area (Å²) in [6, 6.07) is 30.1. The molecule has 0 saturated heterocycles. The molecule has 0 fully saturated rings. The van der Waals surface area contributed by atoms with Crippen LogP contribution >= 0.6 is 11.3 Å². The Morgan fingerprint density at radius 2 is 1.67 bits per heavy atom. The van der Waals surface area contributed by atoms with Crippen LogP contribution in [0.2, 0.25) is 0 Å². The van der Waals surface area contributed by atoms with Crippen LogP contribution in [0.5, 0.6) is 5.88 Å². The summed E-state index contributed by atoms with van der Waals surface area (Å²) in [6.07, 6.45) is 1.54. The fourth-order valence-electron chi connectivity index (χ4n) is 6.49. The molecular weight excluding hydrogens is 699 g/mol. The second-order valence-electron chi connectivity index (χ2n) is 13.6. The van der Waals surface area contributed by atoms with E-state index in [9.17, 15) is 9.59 Å². The lowest BCUT2D eigenvalue weighted by molar-refractivity contribution is -0.128. The molecule has 1 unspecified atom stereocenters. The van der Waals surface area contributed by atoms with E-state index in [0.717, 1.165) is 54.5 Å². The minimum Gasteiger partial charge on any atom is -0.481 e. The number of aryl methyl sites for hydroxylation is 1. The van der Waals surface area contributed by atoms with Crippen molar-refractivity contribution in [2.45, 2.75) is 45.3 Å². The molecule has 11 nitrogen and oxygen atoms in total. The van der Waals surface area contributed by atoms with E-state index in [-0.39, 0.29) is 18.4 Å². The van der Waals surface area contributed by atoms with Crippen LogP contribution in [-0.2, 0) is 28.0 Å². The van der Waals surface area contributed by atoms with Gasteiger partial charge in [-0.05, 0) is 73.9 Å². The summed E-state index contributed by atoms with van der Waals surface area (Å²) >= 11 is 1.70. The third kappa shape index (κ3) is 8.29. The summed E-state index contributed by atoms with van der Waals surface area (Å²) in [5.41, 5.74) is 10.8. The van der Waals surface area contributed by atoms with Crippen molar-refractivity contribution in [3.8, 4) is 16.3 Å². The van der Waals surface area contributed by atoms with Gasteiger partial charge in [-0.15, -0.1) is 11.3 Å². The molecule has 0 aliphatic rings. The quantitative estimate of drug-likeness (QED) is 0.120. The summed E-state index contributed by atoms with van der Waals surface area (Å²) in [4.78, 5) is 44.4. The molecule has 6 rings (SSSR count). The highest BCUT2D eigenvalue weighted by Gasteiger charge is 2.32. The minimum absolute atomic E-state index is 0.0408. The number of likely N-dealkylation sites (N-methyl/N-ethyl adjacent to an activating group) is 1. The molecule has 3 heterocycles. The Bertz CT molecular complexity index is 2290. The lowest BCUT2D eigenvalue weighted by atomic mass is 9.87. The number of carbonyl (C=O) groups is 2. The summed E-state index contributed by atoms with van der Waals surface area (Å²) < 4.78 is 11.2. The van der Waals surface area contributed by atoms with Gasteiger partial charge in [-0.3, -0.25) is 4.79 Å². The van der Waals surface area contributed by atoms with Gasteiger partial charge in [-0.25, -0.2) is 19.7 Å². The van der Waals surface area contributed by atoms with E-state index in [2.05, 4.69) is 47.6 Å². The van der Waals surface area contributed by atoms with Crippen molar-refractivity contribution in [1.29, 1.82) is 0 Å². The number of rotatable bonds is 13. The Labute approximate surface area is 319 Å². The number of hydrogen-bond acceptors (Lipinski definition) is 10. The molecule has 0 saturated carbocycles. The molecule has 0 spiro atoms. The summed E-state index contributed by atoms with van der Waals surface area (Å²) in [6.45, 7) is 5.90. The van der Waals surface area contributed by atoms with Crippen LogP contribution in [0.1, 0.15) is 47.3 Å². The van der Waals surface area contributed by atoms with Crippen LogP contribution in [0.15, 0.2) is 97.2 Å². The predicted molar refractivity (Wildman–Crippen MR) is 215 cm³/mol. The molecule has 0 radical (unpaired) electrons. The number of pyridine rings is 1. The van der Waals surface area contributed by atoms with Crippen molar-refractivity contribution in [3.63, 3.8) is 0 Å². The van der Waals surface area contributed by atoms with Gasteiger partial charge in [0.2, 0.25) is 11.8 Å². The normalized spacial score (nSPS) is 12.8. The second-order valence-corrected chi connectivity index (χ2v) is 14.7. The molecule has 12 heteroatoms. The number of amides is 2. The zero-order valence-corrected chi connectivity index (χ0v) is 32.4. The van der Waals surface area contributed by atoms with Crippen molar-refractivity contribution in [2.24, 2.45) is 5.73 Å². The number of anilines is 3. The zero-order chi connectivity index (χ0) is 38.6. The van der Waals surface area contributed by atoms with Crippen molar-refractivity contribution in [3.05, 3.63) is 125 Å². The van der Waals surface area contributed by atoms with Crippen LogP contribution in [0.4, 0.5) is 22.0 Å². The Morgan fingerprint density at radius 1 is 0.926 bits per heavy atom. The first kappa shape index (κ1) is 37.7. The summed E-state index contributed by atoms with van der Waals surface area (Å²) in [5, 5.41) is 4.54. The van der Waals surface area contributed by atoms with Gasteiger partial charge in [0.15, 0.2) is 0 Å². The highest BCUT2D eigenvalue weighted by Crippen LogP contribution is 2.39. The molecule has 0 aliphatic heterocycles. The maximum absolute atomic E-state index is 12.5. The van der Waals surface area contributed by atoms with E-state index in [1.165, 1.54) is 0 Å². The first-order valence-electron chi connectivity index (χ1n) is 17.6. The number of ether oxygens (including phenoxy) is 2. The Kier molecular flexibility index (Phi) is 11.1. The van der Waals surface area contributed by atoms with Gasteiger partial charge in [0.05, 0.1) is 37.0 Å². The Hall–Kier alpha value is -6.01. The smallest absolute Gasteiger partial charge is 0.405 e. The molecular formula is C42H45N7O4S. The van der Waals surface area contributed by atoms with Crippen LogP contribution < -0.4 is 20.7 Å². The van der Waals surface area contributed by atoms with Crippen molar-refractivity contribution < 1.29 is 19.1 Å². The summed E-state index contributed by atoms with van der Waals surface area (Å²) in [5.74, 6) is 1.77. The van der Waals surface area contributed by atoms with E-state index in [4.69, 9.17) is 25.2 Å². The SMILES string of the molecule is COc1ncc(N(C)c2ccc3nc(C)nc(NC(C)c4ccc(-c5ccccc5C[C@@](C)(OC(N)=O)c5ccccc5)s4)c3c2)cc1CC(=O)N(C)C. The van der Waals surface area contributed by atoms with Crippen molar-refractivity contribution in [2.75, 3.05) is 38.5 Å². The minimum atomic E-state index is -0.950. The van der Waals surface area contributed by atoms with Crippen LogP contribution in [-0.4, -0.2) is 60.1 Å². The van der Waals surface area contributed by atoms with Crippen molar-refractivity contribution in [1.82, 2.24) is 19.9 Å². The van der Waals surface area contributed by atoms with E-state index < -0.39 is 11.7 Å². The number of nitrogens with two attached hydrogens (primary N) is 1. The molecule has 3 aromatic heterocycles. The Balaban J connectivity index is 1.27. The predicted octanol–water partition coefficient (Wildman–Crippen LogP) is 8.20. The highest BCUT2D eigenvalue weighted by molar-refractivity contribution is 7.15. The van der Waals surface area contributed by atoms with E-state index in [0.29, 0.717) is 23.7 Å². The van der Waals surface area contributed by atoms with E-state index >= 15 is 0 Å². The number of hydrogen-bond donors (Lipinski definition) is 2. The number of fused-ring (bicyclic) bond motifs is 1. The van der Waals surface area contributed by atoms with Gasteiger partial charge in [-0.2, -0.15) is 0 Å². The highest BCUT2D eigenvalue weighted by atomic mass is 32.1. The average Bonchev–Trinajstić information content (AvgIpc) is 3.65. The number of methoxy groups -OCH3 is 1. The fourth-order valence-corrected chi connectivity index (χ4v) is 7.57. The van der Waals surface area contributed by atoms with Gasteiger partial charge in [0, 0.05) is 54.0 Å². The number of thiophene rings is 1. The first-order valence-corrected chi connectivity index (χ1v) is 18.4. The number of aromatic nitrogens is 3. The maximum atomic E-state index is 12.5. The molecule has 2 amide bonds. The molecule has 54 heavy (non-hydrogen) atoms. The van der Waals surface area contributed by atoms with Crippen LogP contribution in [0, 0.1) is 6.92 Å². The number of carbonyl (C=O) groups excluding carboxylic acids is 2. The third-order valence-corrected chi connectivity index (χ3v) is 10.7. The molecule has 0 aliphatic carbocycles. The van der Waals surface area contributed by atoms with Gasteiger partial charge >= 0.3 is 6.09 Å². The molecule has 2 atom stereocenters. The van der Waals surface area contributed by atoms with Crippen LogP contribution in [0.3, 0.4) is 0 Å². The third-order valence-electron chi connectivity index (χ3n) is 9.44. The van der Waals surface area contributed by atoms with Gasteiger partial charge in [0.25, 0.3) is 0 Å². The molecule has 3 N–H and O–H groups in total. The number of nitrogens with zero attached hydrogens (tertiary/aromatic N) is 5. The lowest BCUT2D eigenvalue weighted by Gasteiger charge is -2.30. The lowest BCUT2D eigenvalue weighted by Crippen LogP contribution is -2.34. The monoisotopic (exact) mass is 743 g/mol. The van der Waals surface area contributed by atoms with Crippen LogP contribution in [0.25, 0.3) is 21.3 Å². The van der Waals surface area contributed by atoms with Crippen molar-refractivity contribution >= 4 is 51.4 Å². The average molecular weight is 744 g/mol. The second kappa shape index (κ2) is 15.9. The summed E-state index contributed by atoms with van der Waals surface area (Å²) in [7, 11) is 6.97. The molecule has 6 aromatic rings. The van der Waals surface area contributed by atoms with Gasteiger partial charge < -0.3 is 30.3 Å². The topological polar surface area (TPSA) is 136 Å². The first-order chi connectivity index (χ1) is 25.8. The van der Waals surface area contributed by atoms with E-state index in [1.54, 1.807) is 43.6 Å². The molecule has 0 bridgehead atoms. The number of nitrogens with one attached hydrogen (secondary N) is 1. The number of benzene rings is 3. The van der Waals surface area contributed by atoms with Gasteiger partial charge in [0.1, 0.15) is 17.2 Å². The standard InChI is InChI=1S/C42H45N7O4S/c1-26(36-19-20-37(54-36)33-16-12-11-13-28(33)24-42(3,53-41(43)51)30-14-9-8-10-15-30)45-39-34-23-31(17-18-35(34)46-27(2)47-39)49(6)32-21-29(22-38(50)48(4)5)40(52-7)44-25-32/h8-21,23,25-26H,22,24H2,1-7H3,(H2,43,51)(H,45,46,47)/t26?,42-/m1/s1. The van der Waals surface area contributed by atoms with Gasteiger partial charge in [-0.1, -0.05) is 54.6 Å². The molecule has 3 aromatic carbocycles. The molecule has 278 valence electrons.